The second-order valence-corrected chi connectivity index (χ2v) is 3.96. The van der Waals surface area contributed by atoms with Crippen LogP contribution in [0.2, 0.25) is 5.02 Å². The number of halogens is 1. The Bertz CT molecular complexity index is 545. The summed E-state index contributed by atoms with van der Waals surface area (Å²) in [5.41, 5.74) is 0.278. The summed E-state index contributed by atoms with van der Waals surface area (Å²) in [5.74, 6) is 0.0159. The smallest absolute Gasteiger partial charge is 0.257 e. The summed E-state index contributed by atoms with van der Waals surface area (Å²) in [5, 5.41) is 16.2. The third-order valence-electron chi connectivity index (χ3n) is 2.10. The fourth-order valence-electron chi connectivity index (χ4n) is 1.38. The molecule has 1 amide bonds. The van der Waals surface area contributed by atoms with Gasteiger partial charge in [0.05, 0.1) is 0 Å². The summed E-state index contributed by atoms with van der Waals surface area (Å²) in [6, 6.07) is 5.84. The Kier molecular flexibility index (Phi) is 3.01. The average molecular weight is 252 g/mol. The molecule has 2 rings (SSSR count). The monoisotopic (exact) mass is 251 g/mol. The van der Waals surface area contributed by atoms with Gasteiger partial charge in [0.15, 0.2) is 5.82 Å². The van der Waals surface area contributed by atoms with Crippen LogP contribution in [0.1, 0.15) is 10.4 Å². The second kappa shape index (κ2) is 4.47. The minimum absolute atomic E-state index is 0.0522. The molecule has 0 bridgehead atoms. The first-order valence-corrected chi connectivity index (χ1v) is 5.23. The van der Waals surface area contributed by atoms with E-state index in [1.807, 2.05) is 0 Å². The Balaban J connectivity index is 2.19. The van der Waals surface area contributed by atoms with Gasteiger partial charge in [0, 0.05) is 29.9 Å². The van der Waals surface area contributed by atoms with E-state index in [-0.39, 0.29) is 17.2 Å². The number of benzene rings is 1. The highest BCUT2D eigenvalue weighted by Gasteiger charge is 2.09. The number of amides is 1. The number of nitrogens with one attached hydrogen (secondary N) is 1. The molecule has 2 aromatic rings. The summed E-state index contributed by atoms with van der Waals surface area (Å²) in [6.45, 7) is 0. The molecule has 5 nitrogen and oxygen atoms in total. The number of hydrogen-bond acceptors (Lipinski definition) is 3. The lowest BCUT2D eigenvalue weighted by Crippen LogP contribution is -2.12. The van der Waals surface area contributed by atoms with E-state index in [1.54, 1.807) is 24.0 Å². The third-order valence-corrected chi connectivity index (χ3v) is 2.32. The van der Waals surface area contributed by atoms with Crippen LogP contribution in [0.15, 0.2) is 30.5 Å². The van der Waals surface area contributed by atoms with Gasteiger partial charge in [-0.15, -0.1) is 0 Å². The standard InChI is InChI=1S/C11H10ClN3O2/c1-15-3-2-10(14-15)13-11(17)7-4-8(12)6-9(16)5-7/h2-6,16H,1H3,(H,13,14,17). The number of aryl methyl sites for hydroxylation is 1. The van der Waals surface area contributed by atoms with Crippen LogP contribution in [0.25, 0.3) is 0 Å². The number of carbonyl (C=O) groups excluding carboxylic acids is 1. The minimum Gasteiger partial charge on any atom is -0.508 e. The van der Waals surface area contributed by atoms with E-state index in [2.05, 4.69) is 10.4 Å². The fraction of sp³-hybridized carbons (Fsp3) is 0.0909. The van der Waals surface area contributed by atoms with E-state index in [1.165, 1.54) is 18.2 Å². The number of anilines is 1. The summed E-state index contributed by atoms with van der Waals surface area (Å²) >= 11 is 5.74. The lowest BCUT2D eigenvalue weighted by atomic mass is 10.2. The van der Waals surface area contributed by atoms with Crippen molar-refractivity contribution < 1.29 is 9.90 Å². The van der Waals surface area contributed by atoms with Crippen molar-refractivity contribution in [3.8, 4) is 5.75 Å². The molecule has 0 unspecified atom stereocenters. The molecule has 88 valence electrons. The quantitative estimate of drug-likeness (QED) is 0.858. The van der Waals surface area contributed by atoms with E-state index < -0.39 is 0 Å². The van der Waals surface area contributed by atoms with Gasteiger partial charge >= 0.3 is 0 Å². The fourth-order valence-corrected chi connectivity index (χ4v) is 1.60. The highest BCUT2D eigenvalue weighted by atomic mass is 35.5. The number of rotatable bonds is 2. The number of carbonyl (C=O) groups is 1. The Labute approximate surface area is 103 Å². The molecular weight excluding hydrogens is 242 g/mol. The molecular formula is C11H10ClN3O2. The Morgan fingerprint density at radius 3 is 2.82 bits per heavy atom. The lowest BCUT2D eigenvalue weighted by molar-refractivity contribution is 0.102. The molecule has 0 atom stereocenters. The molecule has 1 heterocycles. The average Bonchev–Trinajstić information content (AvgIpc) is 2.62. The Morgan fingerprint density at radius 1 is 1.47 bits per heavy atom. The Morgan fingerprint density at radius 2 is 2.24 bits per heavy atom. The number of aromatic nitrogens is 2. The van der Waals surface area contributed by atoms with Crippen molar-refractivity contribution in [2.24, 2.45) is 7.05 Å². The molecule has 0 aliphatic rings. The molecule has 0 aliphatic carbocycles. The molecule has 0 saturated heterocycles. The van der Waals surface area contributed by atoms with Crippen LogP contribution >= 0.6 is 11.6 Å². The molecule has 1 aromatic heterocycles. The van der Waals surface area contributed by atoms with E-state index in [9.17, 15) is 9.90 Å². The van der Waals surface area contributed by atoms with Gasteiger partial charge in [-0.3, -0.25) is 9.48 Å². The highest BCUT2D eigenvalue weighted by molar-refractivity contribution is 6.31. The van der Waals surface area contributed by atoms with Crippen LogP contribution in [0.4, 0.5) is 5.82 Å². The molecule has 1 aromatic carbocycles. The SMILES string of the molecule is Cn1ccc(NC(=O)c2cc(O)cc(Cl)c2)n1. The van der Waals surface area contributed by atoms with E-state index in [0.717, 1.165) is 0 Å². The maximum Gasteiger partial charge on any atom is 0.257 e. The molecule has 6 heteroatoms. The van der Waals surface area contributed by atoms with Crippen molar-refractivity contribution in [1.29, 1.82) is 0 Å². The first kappa shape index (κ1) is 11.5. The second-order valence-electron chi connectivity index (χ2n) is 3.53. The first-order valence-electron chi connectivity index (χ1n) is 4.85. The number of phenolic OH excluding ortho intramolecular Hbond substituents is 1. The van der Waals surface area contributed by atoms with E-state index in [4.69, 9.17) is 11.6 Å². The van der Waals surface area contributed by atoms with Crippen LogP contribution in [0.5, 0.6) is 5.75 Å². The summed E-state index contributed by atoms with van der Waals surface area (Å²) in [4.78, 5) is 11.8. The first-order chi connectivity index (χ1) is 8.04. The number of phenols is 1. The van der Waals surface area contributed by atoms with Gasteiger partial charge < -0.3 is 10.4 Å². The van der Waals surface area contributed by atoms with Crippen LogP contribution < -0.4 is 5.32 Å². The zero-order valence-corrected chi connectivity index (χ0v) is 9.77. The topological polar surface area (TPSA) is 67.2 Å². The minimum atomic E-state index is -0.374. The predicted octanol–water partition coefficient (Wildman–Crippen LogP) is 2.03. The van der Waals surface area contributed by atoms with Crippen molar-refractivity contribution in [3.63, 3.8) is 0 Å². The zero-order valence-electron chi connectivity index (χ0n) is 9.01. The van der Waals surface area contributed by atoms with Gasteiger partial charge in [0.25, 0.3) is 5.91 Å². The van der Waals surface area contributed by atoms with Gasteiger partial charge in [0.2, 0.25) is 0 Å². The third kappa shape index (κ3) is 2.76. The van der Waals surface area contributed by atoms with Gasteiger partial charge in [-0.25, -0.2) is 0 Å². The van der Waals surface area contributed by atoms with Crippen LogP contribution in [0.3, 0.4) is 0 Å². The van der Waals surface area contributed by atoms with Crippen molar-refractivity contribution in [2.45, 2.75) is 0 Å². The molecule has 0 spiro atoms. The van der Waals surface area contributed by atoms with Crippen molar-refractivity contribution in [3.05, 3.63) is 41.0 Å². The van der Waals surface area contributed by atoms with Gasteiger partial charge in [-0.05, 0) is 18.2 Å². The molecule has 0 saturated carbocycles. The van der Waals surface area contributed by atoms with Crippen LogP contribution in [-0.4, -0.2) is 20.8 Å². The largest absolute Gasteiger partial charge is 0.508 e. The maximum atomic E-state index is 11.8. The van der Waals surface area contributed by atoms with Gasteiger partial charge in [0.1, 0.15) is 5.75 Å². The van der Waals surface area contributed by atoms with E-state index in [0.29, 0.717) is 10.8 Å². The maximum absolute atomic E-state index is 11.8. The molecule has 17 heavy (non-hydrogen) atoms. The summed E-state index contributed by atoms with van der Waals surface area (Å²) in [7, 11) is 1.75. The van der Waals surface area contributed by atoms with Gasteiger partial charge in [-0.1, -0.05) is 11.6 Å². The number of nitrogens with zero attached hydrogens (tertiary/aromatic N) is 2. The normalized spacial score (nSPS) is 10.2. The lowest BCUT2D eigenvalue weighted by Gasteiger charge is -2.03. The zero-order chi connectivity index (χ0) is 12.4. The number of aromatic hydroxyl groups is 1. The van der Waals surface area contributed by atoms with Crippen LogP contribution in [0, 0.1) is 0 Å². The predicted molar refractivity (Wildman–Crippen MR) is 64.3 cm³/mol. The van der Waals surface area contributed by atoms with Crippen molar-refractivity contribution in [2.75, 3.05) is 5.32 Å². The highest BCUT2D eigenvalue weighted by Crippen LogP contribution is 2.20. The molecule has 0 fully saturated rings. The number of hydrogen-bond donors (Lipinski definition) is 2. The summed E-state index contributed by atoms with van der Waals surface area (Å²) in [6.07, 6.45) is 1.71. The molecule has 0 radical (unpaired) electrons. The van der Waals surface area contributed by atoms with Gasteiger partial charge in [-0.2, -0.15) is 5.10 Å². The van der Waals surface area contributed by atoms with E-state index >= 15 is 0 Å². The Hall–Kier alpha value is -2.01. The molecule has 0 aliphatic heterocycles. The van der Waals surface area contributed by atoms with Crippen LogP contribution in [-0.2, 0) is 7.05 Å². The van der Waals surface area contributed by atoms with Crippen molar-refractivity contribution in [1.82, 2.24) is 9.78 Å². The van der Waals surface area contributed by atoms with Crippen molar-refractivity contribution >= 4 is 23.3 Å². The molecule has 2 N–H and O–H groups in total. The summed E-state index contributed by atoms with van der Waals surface area (Å²) < 4.78 is 1.57.